The van der Waals surface area contributed by atoms with E-state index in [1.807, 2.05) is 7.05 Å². The maximum atomic E-state index is 5.87. The molecule has 1 fully saturated rings. The van der Waals surface area contributed by atoms with Crippen LogP contribution in [0.25, 0.3) is 0 Å². The fourth-order valence-corrected chi connectivity index (χ4v) is 4.02. The Labute approximate surface area is 134 Å². The van der Waals surface area contributed by atoms with Gasteiger partial charge in [-0.25, -0.2) is 0 Å². The molecule has 3 rings (SSSR count). The molecule has 0 amide bonds. The smallest absolute Gasteiger partial charge is 0.175 e. The average Bonchev–Trinajstić information content (AvgIpc) is 2.68. The van der Waals surface area contributed by atoms with E-state index < -0.39 is 0 Å². The first-order valence-electron chi connectivity index (χ1n) is 7.64. The van der Waals surface area contributed by atoms with Crippen molar-refractivity contribution in [1.29, 1.82) is 0 Å². The number of hydrogen-bond donors (Lipinski definition) is 1. The van der Waals surface area contributed by atoms with Crippen molar-refractivity contribution >= 4 is 15.9 Å². The van der Waals surface area contributed by atoms with E-state index in [0.29, 0.717) is 12.0 Å². The Morgan fingerprint density at radius 2 is 2.14 bits per heavy atom. The molecule has 0 bridgehead atoms. The minimum absolute atomic E-state index is 0.436. The third-order valence-electron chi connectivity index (χ3n) is 4.41. The molecule has 1 N–H and O–H groups in total. The van der Waals surface area contributed by atoms with E-state index in [1.165, 1.54) is 12.0 Å². The number of nitrogens with zero attached hydrogens (tertiary/aromatic N) is 1. The lowest BCUT2D eigenvalue weighted by Gasteiger charge is -2.26. The highest BCUT2D eigenvalue weighted by Gasteiger charge is 2.33. The molecule has 2 aliphatic heterocycles. The molecule has 0 saturated carbocycles. The summed E-state index contributed by atoms with van der Waals surface area (Å²) in [5.41, 5.74) is 1.31. The SMILES string of the molecule is CNCC1CCN(C)C1c1cc(Br)c2c(c1)OCCCO2. The summed E-state index contributed by atoms with van der Waals surface area (Å²) in [4.78, 5) is 2.44. The van der Waals surface area contributed by atoms with Gasteiger partial charge in [0.15, 0.2) is 11.5 Å². The fraction of sp³-hybridized carbons (Fsp3) is 0.625. The van der Waals surface area contributed by atoms with E-state index in [4.69, 9.17) is 9.47 Å². The van der Waals surface area contributed by atoms with Crippen LogP contribution in [0.15, 0.2) is 16.6 Å². The topological polar surface area (TPSA) is 33.7 Å². The number of halogens is 1. The molecular weight excluding hydrogens is 332 g/mol. The van der Waals surface area contributed by atoms with E-state index in [9.17, 15) is 0 Å². The van der Waals surface area contributed by atoms with E-state index in [-0.39, 0.29) is 0 Å². The molecule has 2 unspecified atom stereocenters. The molecule has 2 aliphatic rings. The predicted molar refractivity (Wildman–Crippen MR) is 87.2 cm³/mol. The van der Waals surface area contributed by atoms with Crippen LogP contribution in [0.1, 0.15) is 24.4 Å². The van der Waals surface area contributed by atoms with Crippen molar-refractivity contribution in [3.05, 3.63) is 22.2 Å². The molecule has 2 atom stereocenters. The van der Waals surface area contributed by atoms with Crippen LogP contribution in [0, 0.1) is 5.92 Å². The van der Waals surface area contributed by atoms with Crippen LogP contribution in [0.3, 0.4) is 0 Å². The Kier molecular flexibility index (Phi) is 4.72. The molecule has 21 heavy (non-hydrogen) atoms. The molecule has 5 heteroatoms. The van der Waals surface area contributed by atoms with Gasteiger partial charge < -0.3 is 14.8 Å². The quantitative estimate of drug-likeness (QED) is 0.904. The van der Waals surface area contributed by atoms with Crippen molar-refractivity contribution in [3.63, 3.8) is 0 Å². The summed E-state index contributed by atoms with van der Waals surface area (Å²) < 4.78 is 12.7. The van der Waals surface area contributed by atoms with Crippen molar-refractivity contribution in [2.45, 2.75) is 18.9 Å². The van der Waals surface area contributed by atoms with Crippen molar-refractivity contribution in [3.8, 4) is 11.5 Å². The molecule has 4 nitrogen and oxygen atoms in total. The van der Waals surface area contributed by atoms with E-state index in [2.05, 4.69) is 45.3 Å². The normalized spacial score (nSPS) is 25.9. The second-order valence-electron chi connectivity index (χ2n) is 5.91. The van der Waals surface area contributed by atoms with Crippen molar-refractivity contribution in [2.24, 2.45) is 5.92 Å². The first kappa shape index (κ1) is 15.1. The minimum Gasteiger partial charge on any atom is -0.490 e. The predicted octanol–water partition coefficient (Wildman–Crippen LogP) is 2.82. The second kappa shape index (κ2) is 6.55. The maximum Gasteiger partial charge on any atom is 0.175 e. The molecule has 1 aromatic rings. The monoisotopic (exact) mass is 354 g/mol. The number of rotatable bonds is 3. The van der Waals surface area contributed by atoms with E-state index in [1.54, 1.807) is 0 Å². The lowest BCUT2D eigenvalue weighted by atomic mass is 9.93. The van der Waals surface area contributed by atoms with Gasteiger partial charge in [0.05, 0.1) is 17.7 Å². The summed E-state index contributed by atoms with van der Waals surface area (Å²) in [6.07, 6.45) is 2.16. The van der Waals surface area contributed by atoms with Crippen LogP contribution in [0.2, 0.25) is 0 Å². The summed E-state index contributed by atoms with van der Waals surface area (Å²) >= 11 is 3.65. The summed E-state index contributed by atoms with van der Waals surface area (Å²) in [5.74, 6) is 2.36. The minimum atomic E-state index is 0.436. The number of fused-ring (bicyclic) bond motifs is 1. The van der Waals surface area contributed by atoms with Gasteiger partial charge in [-0.05, 0) is 73.1 Å². The van der Waals surface area contributed by atoms with Crippen LogP contribution < -0.4 is 14.8 Å². The molecule has 0 aliphatic carbocycles. The Morgan fingerprint density at radius 1 is 1.33 bits per heavy atom. The zero-order chi connectivity index (χ0) is 14.8. The van der Waals surface area contributed by atoms with Crippen molar-refractivity contribution < 1.29 is 9.47 Å². The molecule has 1 aromatic carbocycles. The maximum absolute atomic E-state index is 5.87. The molecular formula is C16H23BrN2O2. The number of benzene rings is 1. The van der Waals surface area contributed by atoms with Gasteiger partial charge in [0.25, 0.3) is 0 Å². The van der Waals surface area contributed by atoms with Gasteiger partial charge in [-0.15, -0.1) is 0 Å². The van der Waals surface area contributed by atoms with Gasteiger partial charge in [0, 0.05) is 12.5 Å². The molecule has 0 aromatic heterocycles. The van der Waals surface area contributed by atoms with Gasteiger partial charge in [-0.1, -0.05) is 0 Å². The van der Waals surface area contributed by atoms with Gasteiger partial charge in [0.2, 0.25) is 0 Å². The van der Waals surface area contributed by atoms with E-state index >= 15 is 0 Å². The third kappa shape index (κ3) is 3.05. The highest BCUT2D eigenvalue weighted by Crippen LogP contribution is 2.43. The Bertz CT molecular complexity index is 507. The van der Waals surface area contributed by atoms with Gasteiger partial charge in [-0.2, -0.15) is 0 Å². The van der Waals surface area contributed by atoms with Crippen molar-refractivity contribution in [2.75, 3.05) is 40.4 Å². The average molecular weight is 355 g/mol. The number of nitrogens with one attached hydrogen (secondary N) is 1. The van der Waals surface area contributed by atoms with Gasteiger partial charge >= 0.3 is 0 Å². The highest BCUT2D eigenvalue weighted by atomic mass is 79.9. The van der Waals surface area contributed by atoms with Crippen LogP contribution in [-0.4, -0.2) is 45.3 Å². The number of ether oxygens (including phenoxy) is 2. The first-order chi connectivity index (χ1) is 10.2. The zero-order valence-electron chi connectivity index (χ0n) is 12.7. The second-order valence-corrected chi connectivity index (χ2v) is 6.77. The Hall–Kier alpha value is -0.780. The highest BCUT2D eigenvalue weighted by molar-refractivity contribution is 9.10. The zero-order valence-corrected chi connectivity index (χ0v) is 14.3. The summed E-state index contributed by atoms with van der Waals surface area (Å²) in [6, 6.07) is 4.80. The van der Waals surface area contributed by atoms with Gasteiger partial charge in [0.1, 0.15) is 0 Å². The number of likely N-dealkylation sites (tertiary alicyclic amines) is 1. The number of hydrogen-bond acceptors (Lipinski definition) is 4. The molecule has 2 heterocycles. The van der Waals surface area contributed by atoms with Crippen LogP contribution in [-0.2, 0) is 0 Å². The third-order valence-corrected chi connectivity index (χ3v) is 5.00. The largest absolute Gasteiger partial charge is 0.490 e. The lowest BCUT2D eigenvalue weighted by Crippen LogP contribution is -2.26. The van der Waals surface area contributed by atoms with Crippen LogP contribution >= 0.6 is 15.9 Å². The molecule has 116 valence electrons. The van der Waals surface area contributed by atoms with Gasteiger partial charge in [-0.3, -0.25) is 4.90 Å². The Morgan fingerprint density at radius 3 is 2.95 bits per heavy atom. The summed E-state index contributed by atoms with van der Waals surface area (Å²) in [5, 5.41) is 3.32. The van der Waals surface area contributed by atoms with Crippen molar-refractivity contribution in [1.82, 2.24) is 10.2 Å². The van der Waals surface area contributed by atoms with E-state index in [0.717, 1.165) is 48.7 Å². The summed E-state index contributed by atoms with van der Waals surface area (Å²) in [6.45, 7) is 3.63. The van der Waals surface area contributed by atoms with Crippen LogP contribution in [0.4, 0.5) is 0 Å². The molecule has 0 spiro atoms. The summed E-state index contributed by atoms with van der Waals surface area (Å²) in [7, 11) is 4.23. The standard InChI is InChI=1S/C16H23BrN2O2/c1-18-10-11-4-5-19(2)15(11)12-8-13(17)16-14(9-12)20-6-3-7-21-16/h8-9,11,15,18H,3-7,10H2,1-2H3. The van der Waals surface area contributed by atoms with Crippen LogP contribution in [0.5, 0.6) is 11.5 Å². The lowest BCUT2D eigenvalue weighted by molar-refractivity contribution is 0.272. The molecule has 1 saturated heterocycles. The fourth-order valence-electron chi connectivity index (χ4n) is 3.45. The molecule has 0 radical (unpaired) electrons. The Balaban J connectivity index is 1.94. The first-order valence-corrected chi connectivity index (χ1v) is 8.44.